The molecule has 4 rings (SSSR count). The molecular weight excluding hydrogens is 371 g/mol. The predicted octanol–water partition coefficient (Wildman–Crippen LogP) is 3.64. The predicted molar refractivity (Wildman–Crippen MR) is 84.8 cm³/mol. The van der Waals surface area contributed by atoms with E-state index in [-0.39, 0.29) is 5.75 Å². The molecule has 3 heterocycles. The Kier molecular flexibility index (Phi) is 3.87. The summed E-state index contributed by atoms with van der Waals surface area (Å²) < 4.78 is 47.2. The van der Waals surface area contributed by atoms with Crippen molar-refractivity contribution in [2.75, 3.05) is 0 Å². The van der Waals surface area contributed by atoms with E-state index in [1.165, 1.54) is 41.9 Å². The van der Waals surface area contributed by atoms with E-state index in [1.54, 1.807) is 11.4 Å². The van der Waals surface area contributed by atoms with Crippen LogP contribution in [0.4, 0.5) is 13.2 Å². The average Bonchev–Trinajstić information content (AvgIpc) is 3.25. The molecule has 0 radical (unpaired) electrons. The molecule has 0 unspecified atom stereocenters. The number of oxazole rings is 1. The number of halogens is 3. The van der Waals surface area contributed by atoms with E-state index in [1.807, 2.05) is 0 Å². The monoisotopic (exact) mass is 381 g/mol. The zero-order chi connectivity index (χ0) is 18.3. The van der Waals surface area contributed by atoms with Crippen molar-refractivity contribution in [3.8, 4) is 16.5 Å². The zero-order valence-electron chi connectivity index (χ0n) is 13.2. The van der Waals surface area contributed by atoms with E-state index in [2.05, 4.69) is 25.0 Å². The summed E-state index contributed by atoms with van der Waals surface area (Å²) >= 11 is 1.31. The van der Waals surface area contributed by atoms with Crippen LogP contribution in [0, 0.1) is 6.92 Å². The summed E-state index contributed by atoms with van der Waals surface area (Å²) in [7, 11) is 0. The molecule has 0 aliphatic carbocycles. The van der Waals surface area contributed by atoms with Crippen LogP contribution in [0.25, 0.3) is 15.7 Å². The number of fused-ring (bicyclic) bond motifs is 1. The van der Waals surface area contributed by atoms with Gasteiger partial charge in [-0.25, -0.2) is 4.98 Å². The maximum absolute atomic E-state index is 12.2. The van der Waals surface area contributed by atoms with E-state index < -0.39 is 6.36 Å². The lowest BCUT2D eigenvalue weighted by Gasteiger charge is -2.08. The van der Waals surface area contributed by atoms with Gasteiger partial charge in [0.2, 0.25) is 4.96 Å². The van der Waals surface area contributed by atoms with Crippen LogP contribution < -0.4 is 4.74 Å². The molecule has 4 aromatic rings. The first-order chi connectivity index (χ1) is 12.4. The number of hydrogen-bond donors (Lipinski definition) is 0. The molecule has 0 atom stereocenters. The molecule has 0 amide bonds. The van der Waals surface area contributed by atoms with Crippen LogP contribution in [-0.2, 0) is 6.42 Å². The summed E-state index contributed by atoms with van der Waals surface area (Å²) in [5.74, 6) is 0.824. The Morgan fingerprint density at radius 1 is 1.19 bits per heavy atom. The Labute approximate surface area is 148 Å². The molecule has 0 saturated heterocycles. The highest BCUT2D eigenvalue weighted by atomic mass is 32.1. The normalized spacial score (nSPS) is 12.0. The molecule has 3 aromatic heterocycles. The molecule has 0 saturated carbocycles. The van der Waals surface area contributed by atoms with Crippen LogP contribution in [-0.4, -0.2) is 31.2 Å². The van der Waals surface area contributed by atoms with E-state index in [9.17, 15) is 13.2 Å². The van der Waals surface area contributed by atoms with Crippen LogP contribution in [0.15, 0.2) is 34.9 Å². The Morgan fingerprint density at radius 2 is 1.96 bits per heavy atom. The molecule has 26 heavy (non-hydrogen) atoms. The molecular formula is C15H10F3N5O2S. The molecule has 1 aromatic carbocycles. The van der Waals surface area contributed by atoms with Crippen LogP contribution >= 0.6 is 11.3 Å². The van der Waals surface area contributed by atoms with Gasteiger partial charge in [-0.3, -0.25) is 0 Å². The average molecular weight is 381 g/mol. The van der Waals surface area contributed by atoms with E-state index in [0.717, 1.165) is 5.56 Å². The van der Waals surface area contributed by atoms with Crippen LogP contribution in [0.1, 0.15) is 17.3 Å². The SMILES string of the molecule is Cc1nc(-c2nn3c(Cc4ccc(OC(F)(F)F)cc4)nnc3s2)co1. The van der Waals surface area contributed by atoms with Gasteiger partial charge < -0.3 is 9.15 Å². The van der Waals surface area contributed by atoms with Gasteiger partial charge in [-0.15, -0.1) is 23.4 Å². The van der Waals surface area contributed by atoms with Gasteiger partial charge >= 0.3 is 6.36 Å². The number of benzene rings is 1. The van der Waals surface area contributed by atoms with Gasteiger partial charge in [0.15, 0.2) is 16.7 Å². The second-order valence-corrected chi connectivity index (χ2v) is 6.29. The number of hydrogen-bond acceptors (Lipinski definition) is 7. The Hall–Kier alpha value is -2.95. The first-order valence-electron chi connectivity index (χ1n) is 7.36. The van der Waals surface area contributed by atoms with Gasteiger partial charge in [0.1, 0.15) is 17.7 Å². The molecule has 0 N–H and O–H groups in total. The lowest BCUT2D eigenvalue weighted by molar-refractivity contribution is -0.274. The fourth-order valence-corrected chi connectivity index (χ4v) is 3.13. The van der Waals surface area contributed by atoms with Crippen LogP contribution in [0.5, 0.6) is 5.75 Å². The van der Waals surface area contributed by atoms with Gasteiger partial charge in [-0.2, -0.15) is 9.61 Å². The molecule has 134 valence electrons. The fraction of sp³-hybridized carbons (Fsp3) is 0.200. The number of ether oxygens (including phenoxy) is 1. The van der Waals surface area contributed by atoms with E-state index in [0.29, 0.717) is 33.8 Å². The zero-order valence-corrected chi connectivity index (χ0v) is 14.0. The van der Waals surface area contributed by atoms with Gasteiger partial charge in [0.05, 0.1) is 0 Å². The topological polar surface area (TPSA) is 78.3 Å². The quantitative estimate of drug-likeness (QED) is 0.537. The molecule has 0 bridgehead atoms. The third-order valence-electron chi connectivity index (χ3n) is 3.41. The van der Waals surface area contributed by atoms with Gasteiger partial charge in [0.25, 0.3) is 0 Å². The molecule has 0 spiro atoms. The number of alkyl halides is 3. The molecule has 7 nitrogen and oxygen atoms in total. The molecule has 0 aliphatic rings. The third-order valence-corrected chi connectivity index (χ3v) is 4.33. The van der Waals surface area contributed by atoms with Crippen molar-refractivity contribution in [1.29, 1.82) is 0 Å². The number of rotatable bonds is 4. The summed E-state index contributed by atoms with van der Waals surface area (Å²) in [4.78, 5) is 4.81. The molecule has 11 heteroatoms. The number of nitrogens with zero attached hydrogens (tertiary/aromatic N) is 5. The highest BCUT2D eigenvalue weighted by Gasteiger charge is 2.31. The van der Waals surface area contributed by atoms with Crippen molar-refractivity contribution in [3.63, 3.8) is 0 Å². The second kappa shape index (κ2) is 6.09. The minimum atomic E-state index is -4.71. The van der Waals surface area contributed by atoms with Crippen molar-refractivity contribution in [3.05, 3.63) is 47.8 Å². The summed E-state index contributed by atoms with van der Waals surface area (Å²) in [5, 5.41) is 13.2. The lowest BCUT2D eigenvalue weighted by atomic mass is 10.1. The maximum atomic E-state index is 12.2. The third kappa shape index (κ3) is 3.38. The van der Waals surface area contributed by atoms with Gasteiger partial charge in [0, 0.05) is 13.3 Å². The maximum Gasteiger partial charge on any atom is 0.573 e. The lowest BCUT2D eigenvalue weighted by Crippen LogP contribution is -2.17. The van der Waals surface area contributed by atoms with Gasteiger partial charge in [-0.1, -0.05) is 23.5 Å². The highest BCUT2D eigenvalue weighted by molar-refractivity contribution is 7.19. The van der Waals surface area contributed by atoms with Gasteiger partial charge in [-0.05, 0) is 17.7 Å². The summed E-state index contributed by atoms with van der Waals surface area (Å²) in [6.07, 6.45) is -2.84. The fourth-order valence-electron chi connectivity index (χ4n) is 2.32. The summed E-state index contributed by atoms with van der Waals surface area (Å²) in [6.45, 7) is 1.74. The smallest absolute Gasteiger partial charge is 0.449 e. The largest absolute Gasteiger partial charge is 0.573 e. The van der Waals surface area contributed by atoms with E-state index >= 15 is 0 Å². The Balaban J connectivity index is 1.56. The first kappa shape index (κ1) is 16.5. The van der Waals surface area contributed by atoms with Crippen molar-refractivity contribution >= 4 is 16.3 Å². The molecule has 0 fully saturated rings. The van der Waals surface area contributed by atoms with Crippen LogP contribution in [0.3, 0.4) is 0 Å². The number of aryl methyl sites for hydroxylation is 1. The standard InChI is InChI=1S/C15H10F3N5O2S/c1-8-19-11(7-24-8)13-22-23-12(20-21-14(23)26-13)6-9-2-4-10(5-3-9)25-15(16,17)18/h2-5,7H,6H2,1H3. The minimum Gasteiger partial charge on any atom is -0.449 e. The van der Waals surface area contributed by atoms with Crippen LogP contribution in [0.2, 0.25) is 0 Å². The molecule has 0 aliphatic heterocycles. The van der Waals surface area contributed by atoms with E-state index in [4.69, 9.17) is 4.42 Å². The minimum absolute atomic E-state index is 0.273. The summed E-state index contributed by atoms with van der Waals surface area (Å²) in [6, 6.07) is 5.59. The Morgan fingerprint density at radius 3 is 2.62 bits per heavy atom. The van der Waals surface area contributed by atoms with Crippen molar-refractivity contribution < 1.29 is 22.3 Å². The van der Waals surface area contributed by atoms with Crippen molar-refractivity contribution in [2.45, 2.75) is 19.7 Å². The first-order valence-corrected chi connectivity index (χ1v) is 8.17. The second-order valence-electron chi connectivity index (χ2n) is 5.34. The number of aromatic nitrogens is 5. The van der Waals surface area contributed by atoms with Crippen molar-refractivity contribution in [2.24, 2.45) is 0 Å². The summed E-state index contributed by atoms with van der Waals surface area (Å²) in [5.41, 5.74) is 1.36. The Bertz CT molecular complexity index is 1050. The highest BCUT2D eigenvalue weighted by Crippen LogP contribution is 2.26. The van der Waals surface area contributed by atoms with Crippen molar-refractivity contribution in [1.82, 2.24) is 24.8 Å².